The largest absolute Gasteiger partial charge is 0.356 e. The summed E-state index contributed by atoms with van der Waals surface area (Å²) in [5.74, 6) is 1.04. The number of carbonyl (C=O) groups excluding carboxylic acids is 1. The second-order valence-electron chi connectivity index (χ2n) is 6.40. The molecule has 0 amide bonds. The first-order chi connectivity index (χ1) is 12.1. The van der Waals surface area contributed by atoms with Crippen molar-refractivity contribution in [3.63, 3.8) is 0 Å². The maximum absolute atomic E-state index is 12.1. The molecule has 3 aromatic rings. The standard InChI is InChI=1S/C20H15N3O2/c1-12-7-17-15(19(24)8-12)5-6-16(22-17)18-10-20(25-23-18)14-4-2-3-13(9-14)11-21/h2-6,9-10,12H,7-8H2,1H3. The minimum atomic E-state index is 0.155. The van der Waals surface area contributed by atoms with Crippen molar-refractivity contribution in [2.75, 3.05) is 0 Å². The number of rotatable bonds is 2. The van der Waals surface area contributed by atoms with Gasteiger partial charge in [-0.05, 0) is 36.6 Å². The molecule has 2 heterocycles. The summed E-state index contributed by atoms with van der Waals surface area (Å²) in [7, 11) is 0. The van der Waals surface area contributed by atoms with Crippen LogP contribution >= 0.6 is 0 Å². The van der Waals surface area contributed by atoms with Crippen LogP contribution in [-0.4, -0.2) is 15.9 Å². The zero-order chi connectivity index (χ0) is 17.4. The van der Waals surface area contributed by atoms with Gasteiger partial charge in [-0.3, -0.25) is 9.78 Å². The van der Waals surface area contributed by atoms with Crippen LogP contribution in [0.3, 0.4) is 0 Å². The molecule has 4 rings (SSSR count). The van der Waals surface area contributed by atoms with Gasteiger partial charge >= 0.3 is 0 Å². The number of fused-ring (bicyclic) bond motifs is 1. The molecule has 1 aliphatic carbocycles. The summed E-state index contributed by atoms with van der Waals surface area (Å²) in [6.07, 6.45) is 1.38. The first-order valence-corrected chi connectivity index (χ1v) is 8.15. The molecule has 5 nitrogen and oxygen atoms in total. The van der Waals surface area contributed by atoms with E-state index in [1.165, 1.54) is 0 Å². The number of carbonyl (C=O) groups is 1. The van der Waals surface area contributed by atoms with E-state index in [4.69, 9.17) is 9.78 Å². The van der Waals surface area contributed by atoms with Gasteiger partial charge in [0.05, 0.1) is 23.0 Å². The second-order valence-corrected chi connectivity index (χ2v) is 6.40. The van der Waals surface area contributed by atoms with Gasteiger partial charge in [-0.2, -0.15) is 5.26 Å². The van der Waals surface area contributed by atoms with Crippen molar-refractivity contribution in [1.29, 1.82) is 5.26 Å². The molecule has 1 aliphatic rings. The van der Waals surface area contributed by atoms with Crippen molar-refractivity contribution >= 4 is 5.78 Å². The highest BCUT2D eigenvalue weighted by molar-refractivity contribution is 5.98. The number of hydrogen-bond donors (Lipinski definition) is 0. The molecule has 25 heavy (non-hydrogen) atoms. The Kier molecular flexibility index (Phi) is 3.66. The molecule has 5 heteroatoms. The quantitative estimate of drug-likeness (QED) is 0.709. The molecule has 2 aromatic heterocycles. The average molecular weight is 329 g/mol. The molecule has 1 atom stereocenters. The second kappa shape index (κ2) is 5.99. The molecule has 0 saturated carbocycles. The molecule has 0 fully saturated rings. The molecule has 1 unspecified atom stereocenters. The van der Waals surface area contributed by atoms with Crippen molar-refractivity contribution in [3.05, 3.63) is 59.3 Å². The summed E-state index contributed by atoms with van der Waals surface area (Å²) in [6, 6.07) is 14.7. The monoisotopic (exact) mass is 329 g/mol. The summed E-state index contributed by atoms with van der Waals surface area (Å²) >= 11 is 0. The molecular weight excluding hydrogens is 314 g/mol. The van der Waals surface area contributed by atoms with Crippen LogP contribution in [0.2, 0.25) is 0 Å². The van der Waals surface area contributed by atoms with Crippen molar-refractivity contribution < 1.29 is 9.32 Å². The maximum atomic E-state index is 12.1. The van der Waals surface area contributed by atoms with E-state index in [1.807, 2.05) is 12.1 Å². The molecule has 0 bridgehead atoms. The third-order valence-corrected chi connectivity index (χ3v) is 4.40. The van der Waals surface area contributed by atoms with Gasteiger partial charge in [0.25, 0.3) is 0 Å². The minimum absolute atomic E-state index is 0.155. The fraction of sp³-hybridized carbons (Fsp3) is 0.200. The van der Waals surface area contributed by atoms with Crippen molar-refractivity contribution in [2.24, 2.45) is 5.92 Å². The molecular formula is C20H15N3O2. The fourth-order valence-corrected chi connectivity index (χ4v) is 3.16. The third-order valence-electron chi connectivity index (χ3n) is 4.40. The lowest BCUT2D eigenvalue weighted by Gasteiger charge is -2.19. The lowest BCUT2D eigenvalue weighted by Crippen LogP contribution is -2.19. The van der Waals surface area contributed by atoms with E-state index < -0.39 is 0 Å². The number of aromatic nitrogens is 2. The van der Waals surface area contributed by atoms with Crippen LogP contribution in [0.25, 0.3) is 22.7 Å². The summed E-state index contributed by atoms with van der Waals surface area (Å²) in [6.45, 7) is 2.06. The molecule has 0 saturated heterocycles. The Balaban J connectivity index is 1.70. The van der Waals surface area contributed by atoms with Crippen LogP contribution in [0.1, 0.15) is 35.0 Å². The van der Waals surface area contributed by atoms with E-state index in [0.29, 0.717) is 40.6 Å². The number of benzene rings is 1. The molecule has 0 radical (unpaired) electrons. The molecule has 122 valence electrons. The molecule has 0 spiro atoms. The normalized spacial score (nSPS) is 16.3. The smallest absolute Gasteiger partial charge is 0.167 e. The van der Waals surface area contributed by atoms with E-state index >= 15 is 0 Å². The lowest BCUT2D eigenvalue weighted by molar-refractivity contribution is 0.0952. The van der Waals surface area contributed by atoms with E-state index in [0.717, 1.165) is 17.7 Å². The zero-order valence-electron chi connectivity index (χ0n) is 13.7. The molecule has 0 aliphatic heterocycles. The number of Topliss-reactive ketones (excluding diaryl/α,β-unsaturated/α-hetero) is 1. The van der Waals surface area contributed by atoms with Gasteiger partial charge < -0.3 is 4.52 Å². The average Bonchev–Trinajstić information content (AvgIpc) is 3.11. The van der Waals surface area contributed by atoms with E-state index in [9.17, 15) is 4.79 Å². The third kappa shape index (κ3) is 2.83. The Labute approximate surface area is 144 Å². The highest BCUT2D eigenvalue weighted by Crippen LogP contribution is 2.29. The Morgan fingerprint density at radius 1 is 1.16 bits per heavy atom. The van der Waals surface area contributed by atoms with Crippen molar-refractivity contribution in [2.45, 2.75) is 19.8 Å². The van der Waals surface area contributed by atoms with Gasteiger partial charge in [0.2, 0.25) is 0 Å². The van der Waals surface area contributed by atoms with Crippen LogP contribution in [0.4, 0.5) is 0 Å². The van der Waals surface area contributed by atoms with Gasteiger partial charge in [0.1, 0.15) is 5.69 Å². The van der Waals surface area contributed by atoms with Gasteiger partial charge in [0.15, 0.2) is 11.5 Å². The minimum Gasteiger partial charge on any atom is -0.356 e. The van der Waals surface area contributed by atoms with Gasteiger partial charge in [0, 0.05) is 23.6 Å². The van der Waals surface area contributed by atoms with Crippen LogP contribution in [0.15, 0.2) is 47.0 Å². The van der Waals surface area contributed by atoms with Crippen LogP contribution < -0.4 is 0 Å². The first-order valence-electron chi connectivity index (χ1n) is 8.15. The number of nitrogens with zero attached hydrogens (tertiary/aromatic N) is 3. The highest BCUT2D eigenvalue weighted by atomic mass is 16.5. The van der Waals surface area contributed by atoms with Crippen molar-refractivity contribution in [1.82, 2.24) is 10.1 Å². The SMILES string of the molecule is CC1CC(=O)c2ccc(-c3cc(-c4cccc(C#N)c4)on3)nc2C1. The Morgan fingerprint density at radius 3 is 2.88 bits per heavy atom. The van der Waals surface area contributed by atoms with Crippen LogP contribution in [-0.2, 0) is 6.42 Å². The maximum Gasteiger partial charge on any atom is 0.167 e. The lowest BCUT2D eigenvalue weighted by atomic mass is 9.87. The summed E-state index contributed by atoms with van der Waals surface area (Å²) < 4.78 is 5.42. The Morgan fingerprint density at radius 2 is 2.04 bits per heavy atom. The van der Waals surface area contributed by atoms with Gasteiger partial charge in [-0.25, -0.2) is 0 Å². The molecule has 1 aromatic carbocycles. The van der Waals surface area contributed by atoms with Crippen LogP contribution in [0.5, 0.6) is 0 Å². The van der Waals surface area contributed by atoms with E-state index in [2.05, 4.69) is 23.1 Å². The number of hydrogen-bond acceptors (Lipinski definition) is 5. The predicted octanol–water partition coefficient (Wildman–Crippen LogP) is 4.04. The fourth-order valence-electron chi connectivity index (χ4n) is 3.16. The summed E-state index contributed by atoms with van der Waals surface area (Å²) in [5.41, 5.74) is 4.21. The number of pyridine rings is 1. The predicted molar refractivity (Wildman–Crippen MR) is 91.7 cm³/mol. The Hall–Kier alpha value is -3.26. The van der Waals surface area contributed by atoms with Crippen molar-refractivity contribution in [3.8, 4) is 28.8 Å². The number of nitriles is 1. The Bertz CT molecular complexity index is 1010. The topological polar surface area (TPSA) is 79.8 Å². The number of ketones is 1. The van der Waals surface area contributed by atoms with E-state index in [1.54, 1.807) is 30.3 Å². The van der Waals surface area contributed by atoms with E-state index in [-0.39, 0.29) is 5.78 Å². The summed E-state index contributed by atoms with van der Waals surface area (Å²) in [5, 5.41) is 13.1. The summed E-state index contributed by atoms with van der Waals surface area (Å²) in [4.78, 5) is 16.7. The molecule has 0 N–H and O–H groups in total. The van der Waals surface area contributed by atoms with Crippen LogP contribution in [0, 0.1) is 17.2 Å². The zero-order valence-corrected chi connectivity index (χ0v) is 13.7. The first kappa shape index (κ1) is 15.3. The van der Waals surface area contributed by atoms with Gasteiger partial charge in [-0.15, -0.1) is 0 Å². The van der Waals surface area contributed by atoms with Gasteiger partial charge in [-0.1, -0.05) is 24.2 Å². The highest BCUT2D eigenvalue weighted by Gasteiger charge is 2.24.